The molecule has 1 N–H and O–H groups in total. The predicted molar refractivity (Wildman–Crippen MR) is 78.3 cm³/mol. The van der Waals surface area contributed by atoms with E-state index >= 15 is 0 Å². The molecule has 0 unspecified atom stereocenters. The van der Waals surface area contributed by atoms with E-state index in [2.05, 4.69) is 9.97 Å². The fourth-order valence-electron chi connectivity index (χ4n) is 2.45. The number of aromatic amines is 1. The van der Waals surface area contributed by atoms with E-state index in [1.54, 1.807) is 0 Å². The number of nitro benzene ring substituents is 2. The van der Waals surface area contributed by atoms with Gasteiger partial charge < -0.3 is 15.1 Å². The number of rotatable bonds is 3. The van der Waals surface area contributed by atoms with E-state index < -0.39 is 32.0 Å². The molecule has 0 aliphatic carbocycles. The number of nitrogens with one attached hydrogen (secondary N) is 1. The number of non-ortho nitro benzene ring substituents is 2. The second kappa shape index (κ2) is 4.69. The third-order valence-electron chi connectivity index (χ3n) is 3.42. The smallest absolute Gasteiger partial charge is 0.358 e. The van der Waals surface area contributed by atoms with E-state index in [0.717, 1.165) is 18.2 Å². The number of nitro groups is 3. The number of hydrogen-bond donors (Lipinski definition) is 1. The van der Waals surface area contributed by atoms with Crippen molar-refractivity contribution in [2.45, 2.75) is 6.92 Å². The van der Waals surface area contributed by atoms with Crippen LogP contribution in [0.4, 0.5) is 17.2 Å². The van der Waals surface area contributed by atoms with Crippen LogP contribution in [0, 0.1) is 37.3 Å². The summed E-state index contributed by atoms with van der Waals surface area (Å²) in [5, 5.41) is 33.5. The zero-order valence-corrected chi connectivity index (χ0v) is 11.5. The standard InChI is InChI=1S/C12H7N5O6/c1-5-11-8(4-10(13-5)17(22)23)7-2-6(15(18)19)3-9(16(20)21)12(7)14-11/h2-4,14H,1H3. The maximum Gasteiger partial charge on any atom is 0.364 e. The lowest BCUT2D eigenvalue weighted by molar-refractivity contribution is -0.393. The van der Waals surface area contributed by atoms with Crippen LogP contribution < -0.4 is 0 Å². The Morgan fingerprint density at radius 1 is 0.913 bits per heavy atom. The normalized spacial score (nSPS) is 11.0. The van der Waals surface area contributed by atoms with Crippen LogP contribution in [-0.4, -0.2) is 24.7 Å². The highest BCUT2D eigenvalue weighted by Gasteiger charge is 2.25. The Kier molecular flexibility index (Phi) is 2.92. The second-order valence-electron chi connectivity index (χ2n) is 4.77. The lowest BCUT2D eigenvalue weighted by Gasteiger charge is -1.96. The molecule has 0 fully saturated rings. The Hall–Kier alpha value is -3.63. The summed E-state index contributed by atoms with van der Waals surface area (Å²) in [5.74, 6) is -0.440. The van der Waals surface area contributed by atoms with Gasteiger partial charge in [-0.3, -0.25) is 20.2 Å². The zero-order chi connectivity index (χ0) is 16.9. The SMILES string of the molecule is Cc1nc([N+](=O)[O-])cc2c1[nH]c1c([N+](=O)[O-])cc([N+](=O)[O-])cc12. The van der Waals surface area contributed by atoms with Crippen molar-refractivity contribution in [2.75, 3.05) is 0 Å². The first-order chi connectivity index (χ1) is 10.8. The van der Waals surface area contributed by atoms with Crippen LogP contribution in [0.5, 0.6) is 0 Å². The highest BCUT2D eigenvalue weighted by Crippen LogP contribution is 2.37. The van der Waals surface area contributed by atoms with E-state index in [1.165, 1.54) is 6.92 Å². The van der Waals surface area contributed by atoms with Crippen molar-refractivity contribution in [2.24, 2.45) is 0 Å². The lowest BCUT2D eigenvalue weighted by atomic mass is 10.1. The molecule has 0 saturated heterocycles. The Balaban J connectivity index is 2.52. The minimum atomic E-state index is -0.756. The first kappa shape index (κ1) is 14.3. The molecule has 0 amide bonds. The first-order valence-electron chi connectivity index (χ1n) is 6.20. The molecule has 23 heavy (non-hydrogen) atoms. The molecule has 2 aromatic heterocycles. The molecule has 2 heterocycles. The molecular weight excluding hydrogens is 310 g/mol. The summed E-state index contributed by atoms with van der Waals surface area (Å²) in [4.78, 5) is 37.4. The quantitative estimate of drug-likeness (QED) is 0.574. The van der Waals surface area contributed by atoms with Crippen molar-refractivity contribution in [1.82, 2.24) is 9.97 Å². The molecule has 1 aromatic carbocycles. The van der Waals surface area contributed by atoms with Gasteiger partial charge in [0.15, 0.2) is 5.69 Å². The third kappa shape index (κ3) is 2.10. The van der Waals surface area contributed by atoms with Crippen molar-refractivity contribution in [3.63, 3.8) is 0 Å². The van der Waals surface area contributed by atoms with Gasteiger partial charge in [0.05, 0.1) is 21.4 Å². The first-order valence-corrected chi connectivity index (χ1v) is 6.20. The van der Waals surface area contributed by atoms with Gasteiger partial charge in [-0.25, -0.2) is 0 Å². The summed E-state index contributed by atoms with van der Waals surface area (Å²) in [6.07, 6.45) is 0. The van der Waals surface area contributed by atoms with Gasteiger partial charge in [-0.05, 0) is 9.91 Å². The zero-order valence-electron chi connectivity index (χ0n) is 11.5. The molecule has 3 aromatic rings. The summed E-state index contributed by atoms with van der Waals surface area (Å²) in [6, 6.07) is 3.12. The molecule has 3 rings (SSSR count). The van der Waals surface area contributed by atoms with Gasteiger partial charge in [0.2, 0.25) is 0 Å². The summed E-state index contributed by atoms with van der Waals surface area (Å²) < 4.78 is 0. The number of aromatic nitrogens is 2. The maximum atomic E-state index is 11.2. The van der Waals surface area contributed by atoms with Crippen molar-refractivity contribution in [3.8, 4) is 0 Å². The number of aryl methyl sites for hydroxylation is 1. The molecule has 0 aliphatic heterocycles. The van der Waals surface area contributed by atoms with E-state index in [9.17, 15) is 30.3 Å². The van der Waals surface area contributed by atoms with Crippen molar-refractivity contribution < 1.29 is 14.8 Å². The van der Waals surface area contributed by atoms with E-state index in [-0.39, 0.29) is 22.0 Å². The molecule has 0 aliphatic rings. The van der Waals surface area contributed by atoms with E-state index in [1.807, 2.05) is 0 Å². The number of nitrogens with zero attached hydrogens (tertiary/aromatic N) is 4. The molecule has 0 saturated carbocycles. The number of hydrogen-bond acceptors (Lipinski definition) is 7. The van der Waals surface area contributed by atoms with Gasteiger partial charge in [0.25, 0.3) is 11.4 Å². The van der Waals surface area contributed by atoms with Crippen molar-refractivity contribution in [1.29, 1.82) is 0 Å². The summed E-state index contributed by atoms with van der Waals surface area (Å²) in [5.41, 5.74) is -0.271. The van der Waals surface area contributed by atoms with Crippen molar-refractivity contribution >= 4 is 39.0 Å². The summed E-state index contributed by atoms with van der Waals surface area (Å²) >= 11 is 0. The minimum absolute atomic E-state index is 0.0565. The largest absolute Gasteiger partial charge is 0.364 e. The van der Waals surface area contributed by atoms with E-state index in [0.29, 0.717) is 5.52 Å². The van der Waals surface area contributed by atoms with Crippen molar-refractivity contribution in [3.05, 3.63) is 54.2 Å². The Morgan fingerprint density at radius 2 is 1.57 bits per heavy atom. The van der Waals surface area contributed by atoms with Crippen LogP contribution in [0.2, 0.25) is 0 Å². The van der Waals surface area contributed by atoms with Crippen LogP contribution in [0.1, 0.15) is 5.69 Å². The van der Waals surface area contributed by atoms with Crippen LogP contribution in [-0.2, 0) is 0 Å². The lowest BCUT2D eigenvalue weighted by Crippen LogP contribution is -1.94. The van der Waals surface area contributed by atoms with Gasteiger partial charge in [-0.1, -0.05) is 0 Å². The number of pyridine rings is 1. The molecule has 0 spiro atoms. The third-order valence-corrected chi connectivity index (χ3v) is 3.42. The van der Waals surface area contributed by atoms with Crippen LogP contribution in [0.25, 0.3) is 21.8 Å². The maximum absolute atomic E-state index is 11.2. The summed E-state index contributed by atoms with van der Waals surface area (Å²) in [7, 11) is 0. The Morgan fingerprint density at radius 3 is 2.13 bits per heavy atom. The second-order valence-corrected chi connectivity index (χ2v) is 4.77. The summed E-state index contributed by atoms with van der Waals surface area (Å²) in [6.45, 7) is 1.50. The van der Waals surface area contributed by atoms with Gasteiger partial charge in [-0.15, -0.1) is 0 Å². The Labute approximate surface area is 126 Å². The van der Waals surface area contributed by atoms with Crippen LogP contribution in [0.15, 0.2) is 18.2 Å². The van der Waals surface area contributed by atoms with Gasteiger partial charge in [-0.2, -0.15) is 0 Å². The number of fused-ring (bicyclic) bond motifs is 3. The molecule has 11 heteroatoms. The van der Waals surface area contributed by atoms with Gasteiger partial charge >= 0.3 is 5.82 Å². The van der Waals surface area contributed by atoms with Gasteiger partial charge in [0, 0.05) is 29.8 Å². The van der Waals surface area contributed by atoms with Gasteiger partial charge in [0.1, 0.15) is 5.52 Å². The minimum Gasteiger partial charge on any atom is -0.358 e. The average Bonchev–Trinajstić information content (AvgIpc) is 2.85. The Bertz CT molecular complexity index is 1020. The molecule has 0 atom stereocenters. The highest BCUT2D eigenvalue weighted by atomic mass is 16.6. The van der Waals surface area contributed by atoms with Crippen LogP contribution in [0.3, 0.4) is 0 Å². The number of H-pyrrole nitrogens is 1. The molecule has 0 radical (unpaired) electrons. The topological polar surface area (TPSA) is 158 Å². The molecule has 0 bridgehead atoms. The highest BCUT2D eigenvalue weighted by molar-refractivity contribution is 6.12. The fourth-order valence-corrected chi connectivity index (χ4v) is 2.45. The average molecular weight is 317 g/mol. The predicted octanol–water partition coefficient (Wildman–Crippen LogP) is 2.75. The molecular formula is C12H7N5O6. The van der Waals surface area contributed by atoms with Crippen LogP contribution >= 0.6 is 0 Å². The monoisotopic (exact) mass is 317 g/mol. The number of benzene rings is 1. The molecule has 116 valence electrons. The molecule has 11 nitrogen and oxygen atoms in total. The van der Waals surface area contributed by atoms with E-state index in [4.69, 9.17) is 0 Å². The fraction of sp³-hybridized carbons (Fsp3) is 0.0833.